The normalized spacial score (nSPS) is 13.2. The molecular formula is C18H38NO2+. The average molecular weight is 301 g/mol. The highest BCUT2D eigenvalue weighted by Crippen LogP contribution is 2.16. The lowest BCUT2D eigenvalue weighted by atomic mass is 10.0. The number of methoxy groups -OCH3 is 1. The second-order valence-electron chi connectivity index (χ2n) is 7.13. The zero-order valence-electron chi connectivity index (χ0n) is 15.1. The van der Waals surface area contributed by atoms with Gasteiger partial charge in [0.15, 0.2) is 6.04 Å². The molecule has 0 aromatic heterocycles. The van der Waals surface area contributed by atoms with Crippen LogP contribution in [0.1, 0.15) is 77.6 Å². The molecule has 0 fully saturated rings. The number of carbonyl (C=O) groups is 1. The van der Waals surface area contributed by atoms with E-state index in [0.717, 1.165) is 12.8 Å². The Hall–Kier alpha value is -0.570. The van der Waals surface area contributed by atoms with E-state index >= 15 is 0 Å². The van der Waals surface area contributed by atoms with Crippen LogP contribution in [0.2, 0.25) is 0 Å². The maximum absolute atomic E-state index is 11.8. The fourth-order valence-electron chi connectivity index (χ4n) is 2.78. The van der Waals surface area contributed by atoms with Crippen LogP contribution in [0, 0.1) is 0 Å². The number of rotatable bonds is 13. The second-order valence-corrected chi connectivity index (χ2v) is 7.13. The molecule has 0 spiro atoms. The van der Waals surface area contributed by atoms with Gasteiger partial charge in [-0.2, -0.15) is 0 Å². The van der Waals surface area contributed by atoms with E-state index in [4.69, 9.17) is 4.74 Å². The molecule has 3 heteroatoms. The van der Waals surface area contributed by atoms with Gasteiger partial charge in [0, 0.05) is 6.42 Å². The molecule has 126 valence electrons. The quantitative estimate of drug-likeness (QED) is 0.283. The van der Waals surface area contributed by atoms with Crippen molar-refractivity contribution in [3.05, 3.63) is 0 Å². The molecule has 21 heavy (non-hydrogen) atoms. The number of likely N-dealkylation sites (N-methyl/N-ethyl adjacent to an activating group) is 1. The Kier molecular flexibility index (Phi) is 11.7. The van der Waals surface area contributed by atoms with Crippen molar-refractivity contribution in [1.82, 2.24) is 0 Å². The van der Waals surface area contributed by atoms with Crippen LogP contribution in [0.25, 0.3) is 0 Å². The first-order valence-electron chi connectivity index (χ1n) is 8.82. The van der Waals surface area contributed by atoms with Gasteiger partial charge in [0.2, 0.25) is 0 Å². The smallest absolute Gasteiger partial charge is 0.364 e. The van der Waals surface area contributed by atoms with Crippen molar-refractivity contribution in [2.24, 2.45) is 0 Å². The van der Waals surface area contributed by atoms with Crippen LogP contribution in [-0.4, -0.2) is 44.7 Å². The topological polar surface area (TPSA) is 26.3 Å². The van der Waals surface area contributed by atoms with E-state index in [9.17, 15) is 4.79 Å². The van der Waals surface area contributed by atoms with Crippen molar-refractivity contribution in [2.75, 3.05) is 28.3 Å². The van der Waals surface area contributed by atoms with Gasteiger partial charge in [-0.1, -0.05) is 64.7 Å². The Bertz CT molecular complexity index is 258. The monoisotopic (exact) mass is 300 g/mol. The molecule has 0 N–H and O–H groups in total. The number of ether oxygens (including phenoxy) is 1. The predicted molar refractivity (Wildman–Crippen MR) is 90.3 cm³/mol. The SMILES string of the molecule is CCCCCCCCCCCC[C@H](C(=O)OC)[N+](C)(C)C. The van der Waals surface area contributed by atoms with Crippen LogP contribution in [0.3, 0.4) is 0 Å². The molecule has 0 aliphatic rings. The lowest BCUT2D eigenvalue weighted by Gasteiger charge is -2.32. The van der Waals surface area contributed by atoms with Crippen molar-refractivity contribution < 1.29 is 14.0 Å². The number of esters is 1. The fraction of sp³-hybridized carbons (Fsp3) is 0.944. The predicted octanol–water partition coefficient (Wildman–Crippen LogP) is 4.55. The molecule has 0 rings (SSSR count). The summed E-state index contributed by atoms with van der Waals surface area (Å²) in [6.45, 7) is 2.26. The molecular weight excluding hydrogens is 262 g/mol. The maximum atomic E-state index is 11.8. The van der Waals surface area contributed by atoms with Crippen LogP contribution in [0.15, 0.2) is 0 Å². The minimum atomic E-state index is -0.0709. The van der Waals surface area contributed by atoms with Gasteiger partial charge in [-0.25, -0.2) is 4.79 Å². The van der Waals surface area contributed by atoms with E-state index in [1.165, 1.54) is 64.9 Å². The molecule has 0 amide bonds. The zero-order valence-corrected chi connectivity index (χ0v) is 15.1. The Morgan fingerprint density at radius 2 is 1.29 bits per heavy atom. The molecule has 0 aromatic rings. The summed E-state index contributed by atoms with van der Waals surface area (Å²) >= 11 is 0. The molecule has 0 saturated carbocycles. The van der Waals surface area contributed by atoms with Gasteiger partial charge in [0.05, 0.1) is 28.3 Å². The van der Waals surface area contributed by atoms with Crippen LogP contribution in [0.5, 0.6) is 0 Å². The molecule has 0 radical (unpaired) electrons. The van der Waals surface area contributed by atoms with E-state index in [2.05, 4.69) is 28.1 Å². The highest BCUT2D eigenvalue weighted by Gasteiger charge is 2.31. The van der Waals surface area contributed by atoms with Gasteiger partial charge in [-0.15, -0.1) is 0 Å². The van der Waals surface area contributed by atoms with E-state index in [-0.39, 0.29) is 12.0 Å². The minimum Gasteiger partial charge on any atom is -0.465 e. The minimum absolute atomic E-state index is 0.0240. The Morgan fingerprint density at radius 3 is 1.67 bits per heavy atom. The third-order valence-electron chi connectivity index (χ3n) is 4.24. The first-order valence-corrected chi connectivity index (χ1v) is 8.82. The average Bonchev–Trinajstić information content (AvgIpc) is 2.42. The maximum Gasteiger partial charge on any atom is 0.364 e. The molecule has 3 nitrogen and oxygen atoms in total. The first-order chi connectivity index (χ1) is 9.93. The molecule has 0 heterocycles. The van der Waals surface area contributed by atoms with Crippen molar-refractivity contribution in [1.29, 1.82) is 0 Å². The molecule has 0 saturated heterocycles. The van der Waals surface area contributed by atoms with Crippen LogP contribution in [-0.2, 0) is 9.53 Å². The van der Waals surface area contributed by atoms with E-state index in [1.54, 1.807) is 0 Å². The Morgan fingerprint density at radius 1 is 0.857 bits per heavy atom. The van der Waals surface area contributed by atoms with Crippen molar-refractivity contribution >= 4 is 5.97 Å². The van der Waals surface area contributed by atoms with Crippen LogP contribution < -0.4 is 0 Å². The number of quaternary nitrogens is 1. The Balaban J connectivity index is 3.61. The lowest BCUT2D eigenvalue weighted by Crippen LogP contribution is -2.50. The lowest BCUT2D eigenvalue weighted by molar-refractivity contribution is -0.887. The number of unbranched alkanes of at least 4 members (excludes halogenated alkanes) is 9. The number of nitrogens with zero attached hydrogens (tertiary/aromatic N) is 1. The highest BCUT2D eigenvalue weighted by molar-refractivity contribution is 5.74. The van der Waals surface area contributed by atoms with Crippen molar-refractivity contribution in [3.8, 4) is 0 Å². The van der Waals surface area contributed by atoms with Gasteiger partial charge < -0.3 is 9.22 Å². The first kappa shape index (κ1) is 20.4. The van der Waals surface area contributed by atoms with Gasteiger partial charge in [-0.05, 0) is 6.42 Å². The van der Waals surface area contributed by atoms with E-state index in [0.29, 0.717) is 4.48 Å². The van der Waals surface area contributed by atoms with E-state index in [1.807, 2.05) is 0 Å². The van der Waals surface area contributed by atoms with Crippen molar-refractivity contribution in [2.45, 2.75) is 83.6 Å². The zero-order chi connectivity index (χ0) is 16.1. The Labute approximate surface area is 132 Å². The summed E-state index contributed by atoms with van der Waals surface area (Å²) in [6, 6.07) is -0.0240. The van der Waals surface area contributed by atoms with Gasteiger partial charge in [0.1, 0.15) is 0 Å². The summed E-state index contributed by atoms with van der Waals surface area (Å²) in [5, 5.41) is 0. The largest absolute Gasteiger partial charge is 0.465 e. The molecule has 0 aliphatic carbocycles. The summed E-state index contributed by atoms with van der Waals surface area (Å²) < 4.78 is 5.58. The molecule has 0 bridgehead atoms. The summed E-state index contributed by atoms with van der Waals surface area (Å²) in [7, 11) is 7.69. The standard InChI is InChI=1S/C18H38NO2/c1-6-7-8-9-10-11-12-13-14-15-16-17(18(20)21-5)19(2,3)4/h17H,6-16H2,1-5H3/q+1/t17-/m1/s1. The summed E-state index contributed by atoms with van der Waals surface area (Å²) in [6.07, 6.45) is 14.2. The third kappa shape index (κ3) is 10.8. The summed E-state index contributed by atoms with van der Waals surface area (Å²) in [5.41, 5.74) is 0. The van der Waals surface area contributed by atoms with Crippen LogP contribution >= 0.6 is 0 Å². The number of hydrogen-bond acceptors (Lipinski definition) is 2. The third-order valence-corrected chi connectivity index (χ3v) is 4.24. The second kappa shape index (κ2) is 12.0. The van der Waals surface area contributed by atoms with Crippen molar-refractivity contribution in [3.63, 3.8) is 0 Å². The van der Waals surface area contributed by atoms with E-state index < -0.39 is 0 Å². The highest BCUT2D eigenvalue weighted by atomic mass is 16.5. The van der Waals surface area contributed by atoms with Crippen LogP contribution in [0.4, 0.5) is 0 Å². The molecule has 0 aliphatic heterocycles. The number of carbonyl (C=O) groups excluding carboxylic acids is 1. The number of hydrogen-bond donors (Lipinski definition) is 0. The summed E-state index contributed by atoms with van der Waals surface area (Å²) in [4.78, 5) is 11.8. The van der Waals surface area contributed by atoms with Gasteiger partial charge in [-0.3, -0.25) is 0 Å². The summed E-state index contributed by atoms with van der Waals surface area (Å²) in [5.74, 6) is -0.0709. The fourth-order valence-corrected chi connectivity index (χ4v) is 2.78. The van der Waals surface area contributed by atoms with Gasteiger partial charge in [0.25, 0.3) is 0 Å². The van der Waals surface area contributed by atoms with Gasteiger partial charge >= 0.3 is 5.97 Å². The molecule has 1 atom stereocenters. The molecule has 0 aromatic carbocycles. The molecule has 0 unspecified atom stereocenters.